The zero-order chi connectivity index (χ0) is 25.7. The number of hydrogen-bond acceptors (Lipinski definition) is 7. The van der Waals surface area contributed by atoms with E-state index in [1.54, 1.807) is 44.4 Å². The second-order valence-corrected chi connectivity index (χ2v) is 9.22. The number of aliphatic hydroxyl groups is 1. The lowest BCUT2D eigenvalue weighted by atomic mass is 9.92. The molecule has 1 fully saturated rings. The van der Waals surface area contributed by atoms with Crippen LogP contribution in [0.1, 0.15) is 54.0 Å². The summed E-state index contributed by atoms with van der Waals surface area (Å²) in [6, 6.07) is 11.1. The second kappa shape index (κ2) is 8.78. The molecule has 0 radical (unpaired) electrons. The van der Waals surface area contributed by atoms with Gasteiger partial charge in [0, 0.05) is 17.3 Å². The smallest absolute Gasteiger partial charge is 0.300 e. The molecule has 36 heavy (non-hydrogen) atoms. The van der Waals surface area contributed by atoms with E-state index >= 15 is 0 Å². The molecule has 1 atom stereocenters. The number of nitrogens with zero attached hydrogens (tertiary/aromatic N) is 1. The Hall–Kier alpha value is -4.20. The predicted molar refractivity (Wildman–Crippen MR) is 133 cm³/mol. The van der Waals surface area contributed by atoms with Crippen LogP contribution < -0.4 is 19.1 Å². The van der Waals surface area contributed by atoms with Crippen molar-refractivity contribution in [2.75, 3.05) is 18.8 Å². The molecule has 0 saturated carbocycles. The first-order valence-corrected chi connectivity index (χ1v) is 11.7. The Balaban J connectivity index is 1.72. The molecule has 8 nitrogen and oxygen atoms in total. The van der Waals surface area contributed by atoms with Gasteiger partial charge in [0.15, 0.2) is 11.5 Å². The van der Waals surface area contributed by atoms with E-state index < -0.39 is 17.7 Å². The Bertz CT molecular complexity index is 1420. The second-order valence-electron chi connectivity index (χ2n) is 9.22. The third-order valence-electron chi connectivity index (χ3n) is 6.56. The minimum atomic E-state index is -0.969. The number of Topliss-reactive ketones (excluding diaryl/α,β-unsaturated/α-hetero) is 1. The molecular weight excluding hydrogens is 462 g/mol. The van der Waals surface area contributed by atoms with Crippen LogP contribution in [-0.2, 0) is 9.59 Å². The molecule has 1 saturated heterocycles. The van der Waals surface area contributed by atoms with Gasteiger partial charge in [0.2, 0.25) is 6.79 Å². The van der Waals surface area contributed by atoms with Crippen LogP contribution >= 0.6 is 0 Å². The summed E-state index contributed by atoms with van der Waals surface area (Å²) in [6.07, 6.45) is 0. The molecule has 8 heteroatoms. The highest BCUT2D eigenvalue weighted by Crippen LogP contribution is 2.46. The Morgan fingerprint density at radius 2 is 1.81 bits per heavy atom. The lowest BCUT2D eigenvalue weighted by Gasteiger charge is -2.24. The fraction of sp³-hybridized carbons (Fsp3) is 0.286. The summed E-state index contributed by atoms with van der Waals surface area (Å²) in [6.45, 7) is 7.70. The third-order valence-corrected chi connectivity index (χ3v) is 6.56. The molecule has 0 spiro atoms. The van der Waals surface area contributed by atoms with Crippen LogP contribution in [0.3, 0.4) is 0 Å². The first-order valence-electron chi connectivity index (χ1n) is 11.7. The number of amides is 1. The number of fused-ring (bicyclic) bond motifs is 1. The first-order chi connectivity index (χ1) is 17.2. The van der Waals surface area contributed by atoms with Crippen molar-refractivity contribution in [3.05, 3.63) is 76.2 Å². The largest absolute Gasteiger partial charge is 0.507 e. The van der Waals surface area contributed by atoms with Crippen LogP contribution in [0.2, 0.25) is 0 Å². The molecule has 186 valence electrons. The number of benzene rings is 2. The van der Waals surface area contributed by atoms with Gasteiger partial charge in [0.1, 0.15) is 29.1 Å². The van der Waals surface area contributed by atoms with Gasteiger partial charge in [0.25, 0.3) is 11.7 Å². The molecule has 5 rings (SSSR count). The van der Waals surface area contributed by atoms with Gasteiger partial charge in [-0.2, -0.15) is 0 Å². The summed E-state index contributed by atoms with van der Waals surface area (Å²) >= 11 is 0. The molecule has 2 aliphatic rings. The summed E-state index contributed by atoms with van der Waals surface area (Å²) in [4.78, 5) is 28.2. The number of hydrogen-bond donors (Lipinski definition) is 1. The molecule has 0 bridgehead atoms. The van der Waals surface area contributed by atoms with E-state index in [1.165, 1.54) is 4.90 Å². The van der Waals surface area contributed by atoms with E-state index in [1.807, 2.05) is 32.9 Å². The monoisotopic (exact) mass is 489 g/mol. The van der Waals surface area contributed by atoms with E-state index in [0.717, 1.165) is 5.56 Å². The van der Waals surface area contributed by atoms with Gasteiger partial charge in [-0.25, -0.2) is 0 Å². The SMILES string of the molecule is COc1cc(C)c(/C(O)=C2\C(=O)C(=O)N(c3ccc4c(c3)OCO4)C2c2ccc(C)o2)cc1C(C)C. The van der Waals surface area contributed by atoms with Gasteiger partial charge in [-0.15, -0.1) is 0 Å². The molecule has 2 aromatic carbocycles. The molecule has 1 aromatic heterocycles. The van der Waals surface area contributed by atoms with Crippen molar-refractivity contribution in [3.63, 3.8) is 0 Å². The van der Waals surface area contributed by atoms with Gasteiger partial charge in [-0.3, -0.25) is 14.5 Å². The van der Waals surface area contributed by atoms with E-state index in [0.29, 0.717) is 45.6 Å². The lowest BCUT2D eigenvalue weighted by Crippen LogP contribution is -2.29. The van der Waals surface area contributed by atoms with Crippen LogP contribution in [0.4, 0.5) is 5.69 Å². The van der Waals surface area contributed by atoms with Crippen molar-refractivity contribution < 1.29 is 33.3 Å². The Morgan fingerprint density at radius 3 is 2.47 bits per heavy atom. The normalized spacial score (nSPS) is 18.4. The van der Waals surface area contributed by atoms with Gasteiger partial charge in [-0.1, -0.05) is 13.8 Å². The number of furan rings is 1. The average molecular weight is 490 g/mol. The quantitative estimate of drug-likeness (QED) is 0.292. The molecule has 3 aromatic rings. The van der Waals surface area contributed by atoms with Crippen LogP contribution in [0.25, 0.3) is 5.76 Å². The highest BCUT2D eigenvalue weighted by molar-refractivity contribution is 6.51. The van der Waals surface area contributed by atoms with Gasteiger partial charge in [-0.05, 0) is 67.3 Å². The van der Waals surface area contributed by atoms with Gasteiger partial charge < -0.3 is 23.7 Å². The summed E-state index contributed by atoms with van der Waals surface area (Å²) in [5.74, 6) is 0.954. The number of aliphatic hydroxyl groups excluding tert-OH is 1. The minimum Gasteiger partial charge on any atom is -0.507 e. The van der Waals surface area contributed by atoms with Gasteiger partial charge >= 0.3 is 0 Å². The summed E-state index contributed by atoms with van der Waals surface area (Å²) in [5, 5.41) is 11.6. The fourth-order valence-corrected chi connectivity index (χ4v) is 4.73. The summed E-state index contributed by atoms with van der Waals surface area (Å²) in [7, 11) is 1.59. The van der Waals surface area contributed by atoms with Crippen molar-refractivity contribution in [2.24, 2.45) is 0 Å². The molecule has 1 amide bonds. The van der Waals surface area contributed by atoms with Crippen molar-refractivity contribution in [3.8, 4) is 17.2 Å². The molecule has 0 aliphatic carbocycles. The highest BCUT2D eigenvalue weighted by atomic mass is 16.7. The Kier molecular flexibility index (Phi) is 5.74. The average Bonchev–Trinajstić information content (AvgIpc) is 3.56. The van der Waals surface area contributed by atoms with Crippen molar-refractivity contribution in [1.29, 1.82) is 0 Å². The predicted octanol–water partition coefficient (Wildman–Crippen LogP) is 5.38. The molecular formula is C28H27NO7. The van der Waals surface area contributed by atoms with E-state index in [-0.39, 0.29) is 24.0 Å². The standard InChI is InChI=1S/C28H27NO7/c1-14(2)18-12-19(15(3)10-22(18)33-5)26(30)24-25(21-8-6-16(4)36-21)29(28(32)27(24)31)17-7-9-20-23(11-17)35-13-34-20/h6-12,14,25,30H,13H2,1-5H3/b26-24+. The first kappa shape index (κ1) is 23.5. The van der Waals surface area contributed by atoms with Crippen molar-refractivity contribution >= 4 is 23.1 Å². The number of methoxy groups -OCH3 is 1. The third kappa shape index (κ3) is 3.69. The number of ether oxygens (including phenoxy) is 3. The van der Waals surface area contributed by atoms with Crippen molar-refractivity contribution in [1.82, 2.24) is 0 Å². The molecule has 2 aliphatic heterocycles. The zero-order valence-corrected chi connectivity index (χ0v) is 20.7. The molecule has 1 unspecified atom stereocenters. The number of carbonyl (C=O) groups excluding carboxylic acids is 2. The molecule has 3 heterocycles. The topological polar surface area (TPSA) is 98.4 Å². The van der Waals surface area contributed by atoms with E-state index in [2.05, 4.69) is 0 Å². The van der Waals surface area contributed by atoms with Crippen LogP contribution in [-0.4, -0.2) is 30.7 Å². The number of rotatable bonds is 5. The van der Waals surface area contributed by atoms with Gasteiger partial charge in [0.05, 0.1) is 12.7 Å². The highest BCUT2D eigenvalue weighted by Gasteiger charge is 2.49. The van der Waals surface area contributed by atoms with E-state index in [9.17, 15) is 14.7 Å². The van der Waals surface area contributed by atoms with E-state index in [4.69, 9.17) is 18.6 Å². The fourth-order valence-electron chi connectivity index (χ4n) is 4.73. The maximum atomic E-state index is 13.4. The minimum absolute atomic E-state index is 0.0463. The number of aryl methyl sites for hydroxylation is 2. The van der Waals surface area contributed by atoms with Crippen LogP contribution in [0.5, 0.6) is 17.2 Å². The number of ketones is 1. The maximum absolute atomic E-state index is 13.4. The molecule has 1 N–H and O–H groups in total. The zero-order valence-electron chi connectivity index (χ0n) is 20.7. The van der Waals surface area contributed by atoms with Crippen LogP contribution in [0, 0.1) is 13.8 Å². The van der Waals surface area contributed by atoms with Crippen LogP contribution in [0.15, 0.2) is 52.5 Å². The Labute approximate surface area is 208 Å². The summed E-state index contributed by atoms with van der Waals surface area (Å²) in [5.41, 5.74) is 2.41. The Morgan fingerprint density at radius 1 is 1.06 bits per heavy atom. The lowest BCUT2D eigenvalue weighted by molar-refractivity contribution is -0.132. The summed E-state index contributed by atoms with van der Waals surface area (Å²) < 4.78 is 22.3. The number of anilines is 1. The maximum Gasteiger partial charge on any atom is 0.300 e. The number of carbonyl (C=O) groups is 2. The van der Waals surface area contributed by atoms with Crippen molar-refractivity contribution in [2.45, 2.75) is 39.7 Å².